The lowest BCUT2D eigenvalue weighted by Crippen LogP contribution is -2.29. The van der Waals surface area contributed by atoms with Gasteiger partial charge in [0.1, 0.15) is 23.4 Å². The predicted molar refractivity (Wildman–Crippen MR) is 134 cm³/mol. The standard InChI is InChI=1S/C24H16Br2FN3OS/c25-14-4-7-16(8-5-14)30-23(22(29-24(30)32)19-3-1-2-12-28-19)21-11-10-20(31-21)17-9-6-15(26)13-18(17)27/h1-13,22-23H,(H,29,32)/t22-,23+/m0/s1. The highest BCUT2D eigenvalue weighted by atomic mass is 79.9. The predicted octanol–water partition coefficient (Wildman–Crippen LogP) is 7.18. The molecule has 5 rings (SSSR count). The Kier molecular flexibility index (Phi) is 5.84. The number of hydrogen-bond acceptors (Lipinski definition) is 3. The van der Waals surface area contributed by atoms with Gasteiger partial charge in [0.05, 0.1) is 17.3 Å². The van der Waals surface area contributed by atoms with Crippen LogP contribution in [0, 0.1) is 5.82 Å². The molecule has 4 aromatic rings. The molecule has 0 unspecified atom stereocenters. The lowest BCUT2D eigenvalue weighted by molar-refractivity contribution is 0.438. The number of halogens is 3. The highest BCUT2D eigenvalue weighted by Gasteiger charge is 2.42. The van der Waals surface area contributed by atoms with Gasteiger partial charge in [-0.15, -0.1) is 0 Å². The number of thiocarbonyl (C=S) groups is 1. The molecule has 1 fully saturated rings. The van der Waals surface area contributed by atoms with Crippen molar-refractivity contribution in [3.05, 3.63) is 105 Å². The maximum atomic E-state index is 14.6. The average Bonchev–Trinajstić information content (AvgIpc) is 3.39. The molecule has 1 N–H and O–H groups in total. The maximum absolute atomic E-state index is 14.6. The number of furan rings is 1. The van der Waals surface area contributed by atoms with Gasteiger partial charge in [-0.05, 0) is 78.9 Å². The van der Waals surface area contributed by atoms with Crippen molar-refractivity contribution in [3.63, 3.8) is 0 Å². The van der Waals surface area contributed by atoms with Crippen molar-refractivity contribution >= 4 is 54.9 Å². The second-order valence-corrected chi connectivity index (χ2v) is 9.52. The van der Waals surface area contributed by atoms with Gasteiger partial charge in [-0.3, -0.25) is 4.98 Å². The molecular formula is C24H16Br2FN3OS. The number of pyridine rings is 1. The number of anilines is 1. The summed E-state index contributed by atoms with van der Waals surface area (Å²) in [5.41, 5.74) is 2.16. The molecule has 160 valence electrons. The molecule has 1 aliphatic rings. The second kappa shape index (κ2) is 8.77. The Bertz CT molecular complexity index is 1280. The van der Waals surface area contributed by atoms with Crippen LogP contribution in [-0.4, -0.2) is 10.1 Å². The topological polar surface area (TPSA) is 41.3 Å². The summed E-state index contributed by atoms with van der Waals surface area (Å²) >= 11 is 12.5. The normalized spacial score (nSPS) is 18.1. The molecule has 3 heterocycles. The molecule has 1 saturated heterocycles. The van der Waals surface area contributed by atoms with E-state index in [1.807, 2.05) is 53.4 Å². The first kappa shape index (κ1) is 21.3. The maximum Gasteiger partial charge on any atom is 0.174 e. The van der Waals surface area contributed by atoms with Crippen LogP contribution in [0.1, 0.15) is 23.5 Å². The van der Waals surface area contributed by atoms with Gasteiger partial charge in [0.15, 0.2) is 5.11 Å². The molecule has 4 nitrogen and oxygen atoms in total. The summed E-state index contributed by atoms with van der Waals surface area (Å²) in [4.78, 5) is 6.55. The minimum Gasteiger partial charge on any atom is -0.459 e. The summed E-state index contributed by atoms with van der Waals surface area (Å²) in [6, 6.07) is 21.7. The molecule has 0 aliphatic carbocycles. The van der Waals surface area contributed by atoms with Crippen LogP contribution in [0.2, 0.25) is 0 Å². The molecule has 0 amide bonds. The quantitative estimate of drug-likeness (QED) is 0.262. The smallest absolute Gasteiger partial charge is 0.174 e. The second-order valence-electron chi connectivity index (χ2n) is 7.30. The summed E-state index contributed by atoms with van der Waals surface area (Å²) in [5, 5.41) is 3.96. The van der Waals surface area contributed by atoms with E-state index in [4.69, 9.17) is 16.6 Å². The minimum absolute atomic E-state index is 0.235. The van der Waals surface area contributed by atoms with Crippen molar-refractivity contribution < 1.29 is 8.81 Å². The fourth-order valence-corrected chi connectivity index (χ4v) is 4.81. The van der Waals surface area contributed by atoms with Gasteiger partial charge in [0.2, 0.25) is 0 Å². The molecule has 2 atom stereocenters. The van der Waals surface area contributed by atoms with Crippen molar-refractivity contribution in [1.29, 1.82) is 0 Å². The monoisotopic (exact) mass is 571 g/mol. The first-order valence-electron chi connectivity index (χ1n) is 9.82. The van der Waals surface area contributed by atoms with Gasteiger partial charge in [0, 0.05) is 20.8 Å². The van der Waals surface area contributed by atoms with Crippen molar-refractivity contribution in [1.82, 2.24) is 10.3 Å². The van der Waals surface area contributed by atoms with Crippen LogP contribution in [0.3, 0.4) is 0 Å². The lowest BCUT2D eigenvalue weighted by Gasteiger charge is -2.26. The van der Waals surface area contributed by atoms with Gasteiger partial charge in [-0.25, -0.2) is 4.39 Å². The van der Waals surface area contributed by atoms with E-state index in [2.05, 4.69) is 42.2 Å². The molecular weight excluding hydrogens is 557 g/mol. The third-order valence-corrected chi connectivity index (χ3v) is 6.65. The zero-order chi connectivity index (χ0) is 22.2. The first-order chi connectivity index (χ1) is 15.5. The Morgan fingerprint density at radius 3 is 2.47 bits per heavy atom. The molecule has 2 aromatic carbocycles. The fourth-order valence-electron chi connectivity index (χ4n) is 3.87. The van der Waals surface area contributed by atoms with E-state index >= 15 is 0 Å². The number of hydrogen-bond donors (Lipinski definition) is 1. The van der Waals surface area contributed by atoms with E-state index in [-0.39, 0.29) is 17.9 Å². The van der Waals surface area contributed by atoms with Crippen molar-refractivity contribution in [2.45, 2.75) is 12.1 Å². The van der Waals surface area contributed by atoms with E-state index < -0.39 is 0 Å². The summed E-state index contributed by atoms with van der Waals surface area (Å²) in [7, 11) is 0. The van der Waals surface area contributed by atoms with E-state index in [1.165, 1.54) is 6.07 Å². The van der Waals surface area contributed by atoms with Crippen LogP contribution < -0.4 is 10.2 Å². The third-order valence-electron chi connectivity index (χ3n) is 5.32. The third kappa shape index (κ3) is 3.98. The zero-order valence-corrected chi connectivity index (χ0v) is 20.5. The Labute approximate surface area is 206 Å². The van der Waals surface area contributed by atoms with E-state index in [9.17, 15) is 4.39 Å². The fraction of sp³-hybridized carbons (Fsp3) is 0.0833. The number of rotatable bonds is 4. The Morgan fingerprint density at radius 2 is 1.75 bits per heavy atom. The van der Waals surface area contributed by atoms with Gasteiger partial charge >= 0.3 is 0 Å². The lowest BCUT2D eigenvalue weighted by atomic mass is 10.0. The largest absolute Gasteiger partial charge is 0.459 e. The molecule has 8 heteroatoms. The summed E-state index contributed by atoms with van der Waals surface area (Å²) in [6.45, 7) is 0. The number of nitrogens with zero attached hydrogens (tertiary/aromatic N) is 2. The highest BCUT2D eigenvalue weighted by molar-refractivity contribution is 9.10. The first-order valence-corrected chi connectivity index (χ1v) is 11.8. The number of nitrogens with one attached hydrogen (secondary N) is 1. The number of benzene rings is 2. The van der Waals surface area contributed by atoms with E-state index in [1.54, 1.807) is 24.4 Å². The van der Waals surface area contributed by atoms with Crippen LogP contribution in [-0.2, 0) is 0 Å². The van der Waals surface area contributed by atoms with Crippen molar-refractivity contribution in [3.8, 4) is 11.3 Å². The molecule has 0 spiro atoms. The van der Waals surface area contributed by atoms with E-state index in [0.717, 1.165) is 15.9 Å². The Hall–Kier alpha value is -2.55. The summed E-state index contributed by atoms with van der Waals surface area (Å²) < 4.78 is 22.4. The molecule has 0 bridgehead atoms. The number of aromatic nitrogens is 1. The molecule has 0 saturated carbocycles. The van der Waals surface area contributed by atoms with Crippen LogP contribution in [0.5, 0.6) is 0 Å². The van der Waals surface area contributed by atoms with Crippen LogP contribution in [0.15, 0.2) is 92.4 Å². The van der Waals surface area contributed by atoms with Crippen LogP contribution in [0.4, 0.5) is 10.1 Å². The van der Waals surface area contributed by atoms with Crippen LogP contribution >= 0.6 is 44.1 Å². The SMILES string of the molecule is Fc1cc(Br)ccc1-c1ccc([C@@H]2[C@H](c3ccccn3)NC(=S)N2c2ccc(Br)cc2)o1. The van der Waals surface area contributed by atoms with Crippen molar-refractivity contribution in [2.75, 3.05) is 4.90 Å². The van der Waals surface area contributed by atoms with E-state index in [0.29, 0.717) is 26.7 Å². The summed E-state index contributed by atoms with van der Waals surface area (Å²) in [6.07, 6.45) is 1.75. The van der Waals surface area contributed by atoms with Crippen molar-refractivity contribution in [2.24, 2.45) is 0 Å². The van der Waals surface area contributed by atoms with Gasteiger partial charge in [-0.1, -0.05) is 37.9 Å². The Balaban J connectivity index is 1.60. The summed E-state index contributed by atoms with van der Waals surface area (Å²) in [5.74, 6) is 0.762. The van der Waals surface area contributed by atoms with Gasteiger partial charge in [0.25, 0.3) is 0 Å². The van der Waals surface area contributed by atoms with Gasteiger partial charge in [-0.2, -0.15) is 0 Å². The zero-order valence-electron chi connectivity index (χ0n) is 16.5. The molecule has 0 radical (unpaired) electrons. The van der Waals surface area contributed by atoms with Crippen LogP contribution in [0.25, 0.3) is 11.3 Å². The molecule has 1 aliphatic heterocycles. The molecule has 32 heavy (non-hydrogen) atoms. The van der Waals surface area contributed by atoms with Gasteiger partial charge < -0.3 is 14.6 Å². The average molecular weight is 573 g/mol. The highest BCUT2D eigenvalue weighted by Crippen LogP contribution is 2.43. The molecule has 2 aromatic heterocycles. The minimum atomic E-state index is -0.355. The Morgan fingerprint density at radius 1 is 0.969 bits per heavy atom.